The molecule has 294 valence electrons. The summed E-state index contributed by atoms with van der Waals surface area (Å²) in [6.07, 6.45) is 0. The minimum Gasteiger partial charge on any atom is -0.200 e. The average molecular weight is 897 g/mol. The van der Waals surface area contributed by atoms with Gasteiger partial charge in [0.1, 0.15) is 14.4 Å². The van der Waals surface area contributed by atoms with Crippen LogP contribution >= 0.6 is 45.1 Å². The van der Waals surface area contributed by atoms with Crippen molar-refractivity contribution in [1.82, 2.24) is 0 Å². The van der Waals surface area contributed by atoms with Crippen molar-refractivity contribution in [2.75, 3.05) is 0 Å². The standard InChI is InChI=1S/C40H32F6N6P6/c41-53(47-55(51-57(43,44)49-53,35-23-11-3-12-24-35)36-25-13-4-14-26-36)31-39(33-19-7-1-8-20-33)40(34-21-9-2-10-22-34)32-54(42)48-56(52-58(45,46)50-54,37-27-15-5-16-28-37)38-29-17-6-18-30-38/h1-32H/b39-31+,40-32+. The zero-order valence-corrected chi connectivity index (χ0v) is 35.5. The summed E-state index contributed by atoms with van der Waals surface area (Å²) in [5, 5.41) is 1.21. The van der Waals surface area contributed by atoms with Gasteiger partial charge >= 0.3 is 15.7 Å². The molecule has 0 amide bonds. The monoisotopic (exact) mass is 896 g/mol. The number of halogens is 6. The van der Waals surface area contributed by atoms with Gasteiger partial charge in [0.2, 0.25) is 0 Å². The molecule has 0 radical (unpaired) electrons. The van der Waals surface area contributed by atoms with Crippen LogP contribution in [0.5, 0.6) is 0 Å². The Labute approximate surface area is 333 Å². The molecule has 2 unspecified atom stereocenters. The molecule has 0 bridgehead atoms. The van der Waals surface area contributed by atoms with Crippen LogP contribution in [-0.4, -0.2) is 0 Å². The Morgan fingerprint density at radius 3 is 0.810 bits per heavy atom. The second kappa shape index (κ2) is 16.1. The Morgan fingerprint density at radius 1 is 0.310 bits per heavy atom. The smallest absolute Gasteiger partial charge is 0.200 e. The second-order valence-electron chi connectivity index (χ2n) is 12.9. The lowest BCUT2D eigenvalue weighted by atomic mass is 9.95. The number of nitrogens with zero attached hydrogens (tertiary/aromatic N) is 6. The first-order valence-electron chi connectivity index (χ1n) is 17.6. The molecule has 6 nitrogen and oxygen atoms in total. The van der Waals surface area contributed by atoms with Gasteiger partial charge in [-0.25, -0.2) is 0 Å². The highest BCUT2D eigenvalue weighted by Crippen LogP contribution is 2.82. The average Bonchev–Trinajstić information content (AvgIpc) is 3.22. The van der Waals surface area contributed by atoms with Crippen LogP contribution in [0.2, 0.25) is 0 Å². The van der Waals surface area contributed by atoms with E-state index in [0.717, 1.165) is 11.6 Å². The van der Waals surface area contributed by atoms with Crippen LogP contribution in [0.3, 0.4) is 0 Å². The first kappa shape index (κ1) is 40.5. The third-order valence-electron chi connectivity index (χ3n) is 8.96. The van der Waals surface area contributed by atoms with Crippen LogP contribution in [0, 0.1) is 0 Å². The topological polar surface area (TPSA) is 74.2 Å². The van der Waals surface area contributed by atoms with Gasteiger partial charge in [0.05, 0.1) is 0 Å². The van der Waals surface area contributed by atoms with Gasteiger partial charge in [-0.3, -0.25) is 0 Å². The highest BCUT2D eigenvalue weighted by molar-refractivity contribution is 7.91. The zero-order chi connectivity index (χ0) is 40.5. The van der Waals surface area contributed by atoms with Crippen molar-refractivity contribution in [3.63, 3.8) is 0 Å². The van der Waals surface area contributed by atoms with Crippen LogP contribution in [0.25, 0.3) is 11.1 Å². The van der Waals surface area contributed by atoms with Crippen LogP contribution in [0.4, 0.5) is 25.2 Å². The number of allylic oxidation sites excluding steroid dienone is 2. The predicted molar refractivity (Wildman–Crippen MR) is 236 cm³/mol. The predicted octanol–water partition coefficient (Wildman–Crippen LogP) is 16.4. The number of benzene rings is 6. The summed E-state index contributed by atoms with van der Waals surface area (Å²) in [6.45, 7) is 0. The van der Waals surface area contributed by atoms with E-state index in [-0.39, 0.29) is 22.3 Å². The summed E-state index contributed by atoms with van der Waals surface area (Å²) in [5.41, 5.74) is 0.363. The van der Waals surface area contributed by atoms with Gasteiger partial charge < -0.3 is 0 Å². The fourth-order valence-electron chi connectivity index (χ4n) is 6.60. The van der Waals surface area contributed by atoms with E-state index in [2.05, 4.69) is 27.1 Å². The van der Waals surface area contributed by atoms with Gasteiger partial charge in [-0.05, 0) is 22.3 Å². The molecule has 2 aliphatic rings. The Bertz CT molecular complexity index is 2620. The molecule has 0 fully saturated rings. The van der Waals surface area contributed by atoms with Gasteiger partial charge in [-0.2, -0.15) is 35.5 Å². The molecule has 0 aromatic heterocycles. The van der Waals surface area contributed by atoms with Gasteiger partial charge in [0.15, 0.2) is 0 Å². The quantitative estimate of drug-likeness (QED) is 0.0788. The molecule has 6 aromatic carbocycles. The lowest BCUT2D eigenvalue weighted by Crippen LogP contribution is -2.14. The molecule has 0 aliphatic carbocycles. The molecule has 18 heteroatoms. The molecule has 2 heterocycles. The highest BCUT2D eigenvalue weighted by atomic mass is 31.3. The summed E-state index contributed by atoms with van der Waals surface area (Å²) in [7, 11) is -29.3. The number of hydrogen-bond donors (Lipinski definition) is 0. The van der Waals surface area contributed by atoms with Gasteiger partial charge in [-0.15, -0.1) is 16.8 Å². The van der Waals surface area contributed by atoms with Crippen molar-refractivity contribution >= 4 is 77.5 Å². The summed E-state index contributed by atoms with van der Waals surface area (Å²) >= 11 is 0. The van der Waals surface area contributed by atoms with E-state index >= 15 is 25.2 Å². The van der Waals surface area contributed by atoms with E-state index in [1.54, 1.807) is 182 Å². The van der Waals surface area contributed by atoms with Crippen molar-refractivity contribution in [2.45, 2.75) is 0 Å². The molecule has 0 spiro atoms. The van der Waals surface area contributed by atoms with E-state index in [1.165, 1.54) is 0 Å². The second-order valence-corrected chi connectivity index (χ2v) is 26.3. The summed E-state index contributed by atoms with van der Waals surface area (Å²) in [6, 6.07) is 49.0. The summed E-state index contributed by atoms with van der Waals surface area (Å²) in [5.74, 6) is 1.85. The van der Waals surface area contributed by atoms with Crippen molar-refractivity contribution in [2.24, 2.45) is 27.1 Å². The van der Waals surface area contributed by atoms with Gasteiger partial charge in [-0.1, -0.05) is 182 Å². The molecular formula is C40H32F6N6P6. The maximum absolute atomic E-state index is 18.0. The van der Waals surface area contributed by atoms with Crippen LogP contribution < -0.4 is 21.2 Å². The third kappa shape index (κ3) is 8.43. The molecule has 2 aliphatic heterocycles. The number of rotatable bonds is 9. The Kier molecular flexibility index (Phi) is 11.2. The van der Waals surface area contributed by atoms with Crippen molar-refractivity contribution in [3.8, 4) is 0 Å². The Morgan fingerprint density at radius 2 is 0.552 bits per heavy atom. The van der Waals surface area contributed by atoms with Crippen molar-refractivity contribution in [3.05, 3.63) is 205 Å². The lowest BCUT2D eigenvalue weighted by Gasteiger charge is -2.28. The fourth-order valence-corrected chi connectivity index (χ4v) is 25.5. The maximum Gasteiger partial charge on any atom is 0.420 e. The third-order valence-corrected chi connectivity index (χ3v) is 25.8. The van der Waals surface area contributed by atoms with E-state index in [1.807, 2.05) is 0 Å². The van der Waals surface area contributed by atoms with E-state index in [4.69, 9.17) is 0 Å². The highest BCUT2D eigenvalue weighted by Gasteiger charge is 2.42. The largest absolute Gasteiger partial charge is 0.420 e. The van der Waals surface area contributed by atoms with Crippen LogP contribution in [0.1, 0.15) is 11.1 Å². The van der Waals surface area contributed by atoms with Gasteiger partial charge in [0, 0.05) is 32.9 Å². The van der Waals surface area contributed by atoms with Crippen LogP contribution in [-0.2, 0) is 0 Å². The Balaban J connectivity index is 1.47. The molecule has 8 rings (SSSR count). The summed E-state index contributed by atoms with van der Waals surface area (Å²) < 4.78 is 125. The van der Waals surface area contributed by atoms with Crippen molar-refractivity contribution < 1.29 is 25.2 Å². The first-order chi connectivity index (χ1) is 27.8. The molecule has 58 heavy (non-hydrogen) atoms. The lowest BCUT2D eigenvalue weighted by molar-refractivity contribution is 0.723. The molecular weight excluding hydrogens is 864 g/mol. The van der Waals surface area contributed by atoms with E-state index in [0.29, 0.717) is 21.2 Å². The van der Waals surface area contributed by atoms with Gasteiger partial charge in [0.25, 0.3) is 15.0 Å². The molecule has 2 atom stereocenters. The van der Waals surface area contributed by atoms with E-state index in [9.17, 15) is 0 Å². The summed E-state index contributed by atoms with van der Waals surface area (Å²) in [4.78, 5) is 0. The SMILES string of the molecule is FP1(F)=NP(F)(/C=C(/C(=C/P2(F)=NP(c3ccccc3)(c3ccccc3)=NP(F)(F)=N2)c2ccccc2)c2ccccc2)=NP(c2ccccc2)(c2ccccc2)=N1. The Hall–Kier alpha value is -4.24. The molecule has 0 saturated carbocycles. The van der Waals surface area contributed by atoms with Crippen molar-refractivity contribution in [1.29, 1.82) is 0 Å². The minimum absolute atomic E-state index is 0.0915. The first-order valence-corrected chi connectivity index (χ1v) is 27.3. The number of hydrogen-bond acceptors (Lipinski definition) is 6. The van der Waals surface area contributed by atoms with Crippen LogP contribution in [0.15, 0.2) is 221 Å². The van der Waals surface area contributed by atoms with E-state index < -0.39 is 45.1 Å². The molecule has 0 saturated heterocycles. The zero-order valence-electron chi connectivity index (χ0n) is 30.1. The maximum atomic E-state index is 18.0. The molecule has 6 aromatic rings. The minimum atomic E-state index is -5.70. The fraction of sp³-hybridized carbons (Fsp3) is 0. The molecule has 0 N–H and O–H groups in total. The normalized spacial score (nSPS) is 23.0.